The molecule has 30 heavy (non-hydrogen) atoms. The monoisotopic (exact) mass is 440 g/mol. The van der Waals surface area contributed by atoms with Crippen molar-refractivity contribution in [3.63, 3.8) is 0 Å². The Labute approximate surface area is 178 Å². The quantitative estimate of drug-likeness (QED) is 0.358. The summed E-state index contributed by atoms with van der Waals surface area (Å²) in [5.41, 5.74) is 3.45. The maximum absolute atomic E-state index is 12.8. The zero-order valence-electron chi connectivity index (χ0n) is 16.4. The van der Waals surface area contributed by atoms with Crippen molar-refractivity contribution in [1.29, 1.82) is 0 Å². The number of nitrogens with zero attached hydrogens (tertiary/aromatic N) is 4. The van der Waals surface area contributed by atoms with Gasteiger partial charge in [0.15, 0.2) is 15.0 Å². The predicted molar refractivity (Wildman–Crippen MR) is 119 cm³/mol. The predicted octanol–water partition coefficient (Wildman–Crippen LogP) is 2.77. The number of hydrogen-bond acceptors (Lipinski definition) is 6. The standard InChI is InChI=1S/C21H20N4O3S2/c1-24(14-10-11-30(27,28)13-14)19(26)12-29-21-23-16-7-3-2-6-15(16)20-22-17-8-4-5-9-18(17)25(20)21/h2-9,14H,10-13H2,1H3. The Kier molecular flexibility index (Phi) is 4.67. The third-order valence-electron chi connectivity index (χ3n) is 5.59. The van der Waals surface area contributed by atoms with E-state index in [1.54, 1.807) is 11.9 Å². The van der Waals surface area contributed by atoms with Gasteiger partial charge in [-0.2, -0.15) is 0 Å². The number of hydrogen-bond donors (Lipinski definition) is 0. The number of fused-ring (bicyclic) bond motifs is 5. The summed E-state index contributed by atoms with van der Waals surface area (Å²) in [4.78, 5) is 23.9. The molecule has 0 spiro atoms. The molecule has 0 bridgehead atoms. The molecular weight excluding hydrogens is 420 g/mol. The van der Waals surface area contributed by atoms with Crippen LogP contribution in [-0.2, 0) is 14.6 Å². The SMILES string of the molecule is CN(C(=O)CSc1nc2ccccc2c2nc3ccccc3n12)C1CCS(=O)(=O)C1. The Morgan fingerprint density at radius 3 is 2.63 bits per heavy atom. The van der Waals surface area contributed by atoms with Crippen LogP contribution in [0, 0.1) is 0 Å². The minimum absolute atomic E-state index is 0.0462. The number of para-hydroxylation sites is 3. The Bertz CT molecular complexity index is 1400. The molecule has 0 N–H and O–H groups in total. The van der Waals surface area contributed by atoms with Crippen molar-refractivity contribution >= 4 is 55.1 Å². The van der Waals surface area contributed by atoms with Crippen molar-refractivity contribution in [2.45, 2.75) is 17.6 Å². The minimum atomic E-state index is -3.04. The summed E-state index contributed by atoms with van der Waals surface area (Å²) in [7, 11) is -1.35. The van der Waals surface area contributed by atoms with E-state index in [2.05, 4.69) is 0 Å². The van der Waals surface area contributed by atoms with Gasteiger partial charge in [0.1, 0.15) is 5.65 Å². The second kappa shape index (κ2) is 7.24. The van der Waals surface area contributed by atoms with Gasteiger partial charge in [0.25, 0.3) is 0 Å². The summed E-state index contributed by atoms with van der Waals surface area (Å²) in [6, 6.07) is 15.4. The zero-order chi connectivity index (χ0) is 20.9. The molecular formula is C21H20N4O3S2. The summed E-state index contributed by atoms with van der Waals surface area (Å²) in [6.07, 6.45) is 0.500. The van der Waals surface area contributed by atoms with Gasteiger partial charge in [-0.3, -0.25) is 9.20 Å². The van der Waals surface area contributed by atoms with Gasteiger partial charge >= 0.3 is 0 Å². The van der Waals surface area contributed by atoms with Crippen LogP contribution >= 0.6 is 11.8 Å². The second-order valence-corrected chi connectivity index (χ2v) is 10.7. The molecule has 5 rings (SSSR count). The molecule has 4 aromatic rings. The van der Waals surface area contributed by atoms with E-state index >= 15 is 0 Å². The molecule has 1 atom stereocenters. The molecule has 0 aliphatic carbocycles. The van der Waals surface area contributed by atoms with Crippen molar-refractivity contribution in [3.05, 3.63) is 48.5 Å². The van der Waals surface area contributed by atoms with Gasteiger partial charge < -0.3 is 4.90 Å². The van der Waals surface area contributed by atoms with Crippen molar-refractivity contribution in [2.24, 2.45) is 0 Å². The molecule has 1 saturated heterocycles. The van der Waals surface area contributed by atoms with Gasteiger partial charge in [-0.25, -0.2) is 18.4 Å². The molecule has 154 valence electrons. The lowest BCUT2D eigenvalue weighted by molar-refractivity contribution is -0.128. The Morgan fingerprint density at radius 2 is 1.87 bits per heavy atom. The molecule has 1 unspecified atom stereocenters. The fourth-order valence-electron chi connectivity index (χ4n) is 3.92. The number of carbonyl (C=O) groups excluding carboxylic acids is 1. The lowest BCUT2D eigenvalue weighted by atomic mass is 10.2. The summed E-state index contributed by atoms with van der Waals surface area (Å²) in [5, 5.41) is 1.65. The number of carbonyl (C=O) groups is 1. The van der Waals surface area contributed by atoms with Crippen LogP contribution in [0.4, 0.5) is 0 Å². The highest BCUT2D eigenvalue weighted by Gasteiger charge is 2.32. The van der Waals surface area contributed by atoms with E-state index in [0.717, 1.165) is 27.6 Å². The molecule has 0 saturated carbocycles. The van der Waals surface area contributed by atoms with Crippen LogP contribution in [0.25, 0.3) is 27.6 Å². The van der Waals surface area contributed by atoms with E-state index in [4.69, 9.17) is 9.97 Å². The Morgan fingerprint density at radius 1 is 1.13 bits per heavy atom. The van der Waals surface area contributed by atoms with Crippen molar-refractivity contribution in [3.8, 4) is 0 Å². The molecule has 1 aliphatic rings. The van der Waals surface area contributed by atoms with E-state index in [0.29, 0.717) is 11.6 Å². The van der Waals surface area contributed by atoms with Gasteiger partial charge in [-0.15, -0.1) is 0 Å². The molecule has 1 amide bonds. The highest BCUT2D eigenvalue weighted by molar-refractivity contribution is 7.99. The van der Waals surface area contributed by atoms with Crippen LogP contribution in [-0.4, -0.2) is 63.9 Å². The van der Waals surface area contributed by atoms with Crippen LogP contribution in [0.1, 0.15) is 6.42 Å². The smallest absolute Gasteiger partial charge is 0.233 e. The molecule has 2 aromatic carbocycles. The van der Waals surface area contributed by atoms with Crippen molar-refractivity contribution < 1.29 is 13.2 Å². The fourth-order valence-corrected chi connectivity index (χ4v) is 6.63. The number of thioether (sulfide) groups is 1. The molecule has 7 nitrogen and oxygen atoms in total. The van der Waals surface area contributed by atoms with Crippen LogP contribution in [0.5, 0.6) is 0 Å². The summed E-state index contributed by atoms with van der Waals surface area (Å²) < 4.78 is 25.5. The number of benzene rings is 2. The third kappa shape index (κ3) is 3.31. The molecule has 0 radical (unpaired) electrons. The van der Waals surface area contributed by atoms with E-state index < -0.39 is 9.84 Å². The molecule has 3 heterocycles. The average Bonchev–Trinajstić information content (AvgIpc) is 3.31. The minimum Gasteiger partial charge on any atom is -0.341 e. The van der Waals surface area contributed by atoms with E-state index in [-0.39, 0.29) is 29.2 Å². The molecule has 2 aromatic heterocycles. The normalized spacial score (nSPS) is 18.4. The maximum Gasteiger partial charge on any atom is 0.233 e. The number of rotatable bonds is 4. The average molecular weight is 441 g/mol. The van der Waals surface area contributed by atoms with Crippen LogP contribution < -0.4 is 0 Å². The number of sulfone groups is 1. The lowest BCUT2D eigenvalue weighted by Crippen LogP contribution is -2.38. The van der Waals surface area contributed by atoms with E-state index in [1.165, 1.54) is 11.8 Å². The molecule has 9 heteroatoms. The van der Waals surface area contributed by atoms with Crippen molar-refractivity contribution in [1.82, 2.24) is 19.3 Å². The lowest BCUT2D eigenvalue weighted by Gasteiger charge is -2.23. The van der Waals surface area contributed by atoms with E-state index in [1.807, 2.05) is 52.9 Å². The fraction of sp³-hybridized carbons (Fsp3) is 0.286. The summed E-state index contributed by atoms with van der Waals surface area (Å²) in [6.45, 7) is 0. The highest BCUT2D eigenvalue weighted by atomic mass is 32.2. The van der Waals surface area contributed by atoms with Gasteiger partial charge in [0.2, 0.25) is 5.91 Å². The first-order valence-corrected chi connectivity index (χ1v) is 12.5. The van der Waals surface area contributed by atoms with Gasteiger partial charge in [0.05, 0.1) is 33.8 Å². The topological polar surface area (TPSA) is 84.6 Å². The number of amides is 1. The van der Waals surface area contributed by atoms with Crippen LogP contribution in [0.3, 0.4) is 0 Å². The van der Waals surface area contributed by atoms with Gasteiger partial charge in [0, 0.05) is 18.5 Å². The number of imidazole rings is 1. The first-order valence-electron chi connectivity index (χ1n) is 9.68. The van der Waals surface area contributed by atoms with Crippen LogP contribution in [0.15, 0.2) is 53.7 Å². The van der Waals surface area contributed by atoms with Gasteiger partial charge in [-0.05, 0) is 30.7 Å². The first-order chi connectivity index (χ1) is 14.4. The largest absolute Gasteiger partial charge is 0.341 e. The second-order valence-electron chi connectivity index (χ2n) is 7.52. The maximum atomic E-state index is 12.8. The Balaban J connectivity index is 1.50. The molecule has 1 fully saturated rings. The van der Waals surface area contributed by atoms with Crippen molar-refractivity contribution in [2.75, 3.05) is 24.3 Å². The Hall–Kier alpha value is -2.65. The third-order valence-corrected chi connectivity index (χ3v) is 8.26. The zero-order valence-corrected chi connectivity index (χ0v) is 18.0. The van der Waals surface area contributed by atoms with E-state index in [9.17, 15) is 13.2 Å². The molecule has 1 aliphatic heterocycles. The highest BCUT2D eigenvalue weighted by Crippen LogP contribution is 2.29. The van der Waals surface area contributed by atoms with Gasteiger partial charge in [-0.1, -0.05) is 36.0 Å². The summed E-state index contributed by atoms with van der Waals surface area (Å²) in [5.74, 6) is 0.274. The van der Waals surface area contributed by atoms with Crippen LogP contribution in [0.2, 0.25) is 0 Å². The summed E-state index contributed by atoms with van der Waals surface area (Å²) >= 11 is 1.35. The first kappa shape index (κ1) is 19.3. The number of aromatic nitrogens is 3.